The third-order valence-corrected chi connectivity index (χ3v) is 4.82. The molecule has 0 saturated carbocycles. The van der Waals surface area contributed by atoms with Gasteiger partial charge < -0.3 is 9.47 Å². The van der Waals surface area contributed by atoms with Crippen LogP contribution in [0.1, 0.15) is 10.4 Å². The summed E-state index contributed by atoms with van der Waals surface area (Å²) in [5.41, 5.74) is 1.49. The zero-order valence-corrected chi connectivity index (χ0v) is 15.0. The van der Waals surface area contributed by atoms with Gasteiger partial charge in [0, 0.05) is 15.4 Å². The van der Waals surface area contributed by atoms with Crippen LogP contribution < -0.4 is 14.8 Å². The Bertz CT molecular complexity index is 976. The summed E-state index contributed by atoms with van der Waals surface area (Å²) in [5.74, 6) is 0.210. The molecular formula is C17H10BrFN2O3S. The van der Waals surface area contributed by atoms with E-state index in [1.54, 1.807) is 6.07 Å². The van der Waals surface area contributed by atoms with Crippen LogP contribution in [-0.4, -0.2) is 17.7 Å². The Morgan fingerprint density at radius 2 is 2.04 bits per heavy atom. The molecule has 25 heavy (non-hydrogen) atoms. The Morgan fingerprint density at radius 1 is 1.20 bits per heavy atom. The number of hydrogen-bond acceptors (Lipinski definition) is 5. The van der Waals surface area contributed by atoms with Crippen molar-refractivity contribution < 1.29 is 18.7 Å². The molecule has 5 nitrogen and oxygen atoms in total. The fraction of sp³-hybridized carbons (Fsp3) is 0.0588. The lowest BCUT2D eigenvalue weighted by Gasteiger charge is -2.03. The average molecular weight is 421 g/mol. The smallest absolute Gasteiger partial charge is 0.260 e. The minimum Gasteiger partial charge on any atom is -0.454 e. The Kier molecular flexibility index (Phi) is 4.14. The Morgan fingerprint density at radius 3 is 2.88 bits per heavy atom. The van der Waals surface area contributed by atoms with E-state index in [2.05, 4.69) is 26.2 Å². The van der Waals surface area contributed by atoms with Crippen LogP contribution >= 0.6 is 27.3 Å². The van der Waals surface area contributed by atoms with Gasteiger partial charge >= 0.3 is 0 Å². The van der Waals surface area contributed by atoms with Crippen LogP contribution in [0.5, 0.6) is 11.5 Å². The lowest BCUT2D eigenvalue weighted by atomic mass is 10.1. The number of benzene rings is 2. The Balaban J connectivity index is 1.54. The molecule has 1 aromatic heterocycles. The summed E-state index contributed by atoms with van der Waals surface area (Å²) in [7, 11) is 0. The molecule has 0 fully saturated rings. The van der Waals surface area contributed by atoms with Crippen molar-refractivity contribution in [3.8, 4) is 22.8 Å². The topological polar surface area (TPSA) is 60.5 Å². The number of aromatic nitrogens is 1. The van der Waals surface area contributed by atoms with E-state index < -0.39 is 11.7 Å². The number of ether oxygens (including phenoxy) is 2. The molecule has 2 heterocycles. The molecule has 126 valence electrons. The van der Waals surface area contributed by atoms with Crippen molar-refractivity contribution in [1.29, 1.82) is 0 Å². The first-order valence-electron chi connectivity index (χ1n) is 7.22. The van der Waals surface area contributed by atoms with Crippen molar-refractivity contribution >= 4 is 38.3 Å². The number of anilines is 1. The van der Waals surface area contributed by atoms with Crippen molar-refractivity contribution in [3.63, 3.8) is 0 Å². The van der Waals surface area contributed by atoms with E-state index in [4.69, 9.17) is 9.47 Å². The second kappa shape index (κ2) is 6.45. The Labute approximate surface area is 154 Å². The van der Waals surface area contributed by atoms with Gasteiger partial charge in [0.2, 0.25) is 6.79 Å². The molecular weight excluding hydrogens is 411 g/mol. The first kappa shape index (κ1) is 16.0. The van der Waals surface area contributed by atoms with E-state index in [0.717, 1.165) is 5.56 Å². The minimum atomic E-state index is -0.598. The number of nitrogens with one attached hydrogen (secondary N) is 1. The number of halogens is 2. The highest BCUT2D eigenvalue weighted by Crippen LogP contribution is 2.36. The minimum absolute atomic E-state index is 0.0389. The summed E-state index contributed by atoms with van der Waals surface area (Å²) >= 11 is 4.42. The highest BCUT2D eigenvalue weighted by Gasteiger charge is 2.17. The molecule has 0 spiro atoms. The largest absolute Gasteiger partial charge is 0.454 e. The molecule has 2 aromatic carbocycles. The van der Waals surface area contributed by atoms with E-state index in [-0.39, 0.29) is 12.4 Å². The molecule has 3 aromatic rings. The van der Waals surface area contributed by atoms with Gasteiger partial charge in [0.1, 0.15) is 5.82 Å². The molecule has 0 aliphatic carbocycles. The van der Waals surface area contributed by atoms with Crippen LogP contribution in [-0.2, 0) is 0 Å². The molecule has 1 amide bonds. The highest BCUT2D eigenvalue weighted by atomic mass is 79.9. The van der Waals surface area contributed by atoms with Crippen molar-refractivity contribution in [2.24, 2.45) is 0 Å². The van der Waals surface area contributed by atoms with E-state index in [1.165, 1.54) is 23.5 Å². The zero-order chi connectivity index (χ0) is 17.4. The molecule has 0 bridgehead atoms. The molecule has 4 rings (SSSR count). The summed E-state index contributed by atoms with van der Waals surface area (Å²) in [6.45, 7) is 0.204. The average Bonchev–Trinajstić information content (AvgIpc) is 3.22. The number of carbonyl (C=O) groups is 1. The molecule has 0 saturated heterocycles. The van der Waals surface area contributed by atoms with Crippen LogP contribution in [0.2, 0.25) is 0 Å². The van der Waals surface area contributed by atoms with Gasteiger partial charge in [-0.3, -0.25) is 10.1 Å². The summed E-state index contributed by atoms with van der Waals surface area (Å²) in [6.07, 6.45) is 0. The van der Waals surface area contributed by atoms with Gasteiger partial charge in [-0.05, 0) is 36.4 Å². The van der Waals surface area contributed by atoms with Crippen molar-refractivity contribution in [2.75, 3.05) is 12.1 Å². The third-order valence-electron chi connectivity index (χ3n) is 3.57. The number of nitrogens with zero attached hydrogens (tertiary/aromatic N) is 1. The lowest BCUT2D eigenvalue weighted by molar-refractivity contribution is 0.102. The summed E-state index contributed by atoms with van der Waals surface area (Å²) in [4.78, 5) is 16.6. The second-order valence-electron chi connectivity index (χ2n) is 5.18. The standard InChI is InChI=1S/C17H10BrFN2O3S/c18-10-2-3-11(12(19)6-10)16(22)21-17-20-13(7-25-17)9-1-4-14-15(5-9)24-8-23-14/h1-7H,8H2,(H,20,21,22). The van der Waals surface area contributed by atoms with Crippen LogP contribution in [0, 0.1) is 5.82 Å². The molecule has 1 N–H and O–H groups in total. The molecule has 0 unspecified atom stereocenters. The molecule has 1 aliphatic rings. The van der Waals surface area contributed by atoms with Gasteiger partial charge in [-0.15, -0.1) is 11.3 Å². The summed E-state index contributed by atoms with van der Waals surface area (Å²) < 4.78 is 25.1. The van der Waals surface area contributed by atoms with Crippen molar-refractivity contribution in [1.82, 2.24) is 4.98 Å². The van der Waals surface area contributed by atoms with Crippen LogP contribution in [0.3, 0.4) is 0 Å². The van der Waals surface area contributed by atoms with E-state index >= 15 is 0 Å². The van der Waals surface area contributed by atoms with Crippen molar-refractivity contribution in [2.45, 2.75) is 0 Å². The number of carbonyl (C=O) groups excluding carboxylic acids is 1. The van der Waals surface area contributed by atoms with Gasteiger partial charge in [-0.1, -0.05) is 15.9 Å². The van der Waals surface area contributed by atoms with Gasteiger partial charge in [0.05, 0.1) is 11.3 Å². The zero-order valence-electron chi connectivity index (χ0n) is 12.6. The summed E-state index contributed by atoms with van der Waals surface area (Å²) in [6, 6.07) is 9.78. The first-order valence-corrected chi connectivity index (χ1v) is 8.89. The van der Waals surface area contributed by atoms with Gasteiger partial charge in [-0.2, -0.15) is 0 Å². The summed E-state index contributed by atoms with van der Waals surface area (Å²) in [5, 5.41) is 4.82. The second-order valence-corrected chi connectivity index (χ2v) is 6.96. The normalized spacial score (nSPS) is 12.2. The predicted octanol–water partition coefficient (Wildman–Crippen LogP) is 4.69. The quantitative estimate of drug-likeness (QED) is 0.667. The van der Waals surface area contributed by atoms with E-state index in [0.29, 0.717) is 26.8 Å². The van der Waals surface area contributed by atoms with E-state index in [1.807, 2.05) is 23.6 Å². The monoisotopic (exact) mass is 420 g/mol. The van der Waals surface area contributed by atoms with Crippen LogP contribution in [0.25, 0.3) is 11.3 Å². The maximum atomic E-state index is 13.9. The highest BCUT2D eigenvalue weighted by molar-refractivity contribution is 9.10. The van der Waals surface area contributed by atoms with Gasteiger partial charge in [-0.25, -0.2) is 9.37 Å². The first-order chi connectivity index (χ1) is 12.1. The molecule has 1 aliphatic heterocycles. The fourth-order valence-corrected chi connectivity index (χ4v) is 3.41. The molecule has 0 atom stereocenters. The van der Waals surface area contributed by atoms with E-state index in [9.17, 15) is 9.18 Å². The molecule has 0 radical (unpaired) electrons. The predicted molar refractivity (Wildman–Crippen MR) is 95.7 cm³/mol. The number of rotatable bonds is 3. The number of amides is 1. The third kappa shape index (κ3) is 3.22. The number of hydrogen-bond donors (Lipinski definition) is 1. The van der Waals surface area contributed by atoms with Crippen LogP contribution in [0.15, 0.2) is 46.3 Å². The maximum Gasteiger partial charge on any atom is 0.260 e. The van der Waals surface area contributed by atoms with Crippen molar-refractivity contribution in [3.05, 3.63) is 57.6 Å². The fourth-order valence-electron chi connectivity index (χ4n) is 2.36. The van der Waals surface area contributed by atoms with Gasteiger partial charge in [0.25, 0.3) is 5.91 Å². The molecule has 8 heteroatoms. The lowest BCUT2D eigenvalue weighted by Crippen LogP contribution is -2.13. The number of thiazole rings is 1. The SMILES string of the molecule is O=C(Nc1nc(-c2ccc3c(c2)OCO3)cs1)c1ccc(Br)cc1F. The number of fused-ring (bicyclic) bond motifs is 1. The van der Waals surface area contributed by atoms with Gasteiger partial charge in [0.15, 0.2) is 16.6 Å². The van der Waals surface area contributed by atoms with Crippen LogP contribution in [0.4, 0.5) is 9.52 Å². The Hall–Kier alpha value is -2.45. The maximum absolute atomic E-state index is 13.9.